The van der Waals surface area contributed by atoms with Crippen LogP contribution in [0.15, 0.2) is 77.7 Å². The molecule has 150 valence electrons. The summed E-state index contributed by atoms with van der Waals surface area (Å²) in [5.41, 5.74) is 3.58. The van der Waals surface area contributed by atoms with Gasteiger partial charge >= 0.3 is 5.97 Å². The molecule has 0 radical (unpaired) electrons. The van der Waals surface area contributed by atoms with Crippen LogP contribution in [-0.2, 0) is 29.3 Å². The standard InChI is InChI=1S/C23H23NO4S/c1-2-17-11-14-21(15-12-17)29(27,28)24-22-9-4-3-7-19(22)13-10-18-6-5-8-20(16-18)23(25)26/h3-9,11-12,14-16,24H,2,10,13H2,1H3,(H,25,26). The van der Waals surface area contributed by atoms with Crippen molar-refractivity contribution in [3.05, 3.63) is 95.1 Å². The van der Waals surface area contributed by atoms with E-state index in [1.807, 2.05) is 37.3 Å². The molecular weight excluding hydrogens is 386 g/mol. The summed E-state index contributed by atoms with van der Waals surface area (Å²) in [5.74, 6) is -0.964. The number of sulfonamides is 1. The van der Waals surface area contributed by atoms with Crippen molar-refractivity contribution in [3.63, 3.8) is 0 Å². The van der Waals surface area contributed by atoms with E-state index in [-0.39, 0.29) is 10.5 Å². The van der Waals surface area contributed by atoms with Crippen molar-refractivity contribution < 1.29 is 18.3 Å². The van der Waals surface area contributed by atoms with E-state index in [9.17, 15) is 13.2 Å². The highest BCUT2D eigenvalue weighted by atomic mass is 32.2. The first kappa shape index (κ1) is 20.6. The molecule has 6 heteroatoms. The van der Waals surface area contributed by atoms with Crippen LogP contribution < -0.4 is 4.72 Å². The summed E-state index contributed by atoms with van der Waals surface area (Å²) in [4.78, 5) is 11.4. The quantitative estimate of drug-likeness (QED) is 0.572. The van der Waals surface area contributed by atoms with Gasteiger partial charge in [-0.25, -0.2) is 13.2 Å². The van der Waals surface area contributed by atoms with Crippen molar-refractivity contribution >= 4 is 21.7 Å². The molecule has 0 heterocycles. The van der Waals surface area contributed by atoms with E-state index >= 15 is 0 Å². The molecule has 3 aromatic rings. The van der Waals surface area contributed by atoms with E-state index in [0.29, 0.717) is 18.5 Å². The number of anilines is 1. The minimum atomic E-state index is -3.69. The monoisotopic (exact) mass is 409 g/mol. The number of nitrogens with one attached hydrogen (secondary N) is 1. The lowest BCUT2D eigenvalue weighted by Crippen LogP contribution is -2.14. The third kappa shape index (κ3) is 5.23. The van der Waals surface area contributed by atoms with Gasteiger partial charge in [0.05, 0.1) is 16.1 Å². The Morgan fingerprint density at radius 1 is 0.897 bits per heavy atom. The minimum absolute atomic E-state index is 0.221. The van der Waals surface area contributed by atoms with Crippen LogP contribution in [0.25, 0.3) is 0 Å². The zero-order valence-corrected chi connectivity index (χ0v) is 16.9. The number of para-hydroxylation sites is 1. The van der Waals surface area contributed by atoms with E-state index in [4.69, 9.17) is 5.11 Å². The van der Waals surface area contributed by atoms with Gasteiger partial charge in [-0.3, -0.25) is 4.72 Å². The normalized spacial score (nSPS) is 11.2. The third-order valence-corrected chi connectivity index (χ3v) is 6.14. The Labute approximate surface area is 171 Å². The predicted octanol–water partition coefficient (Wildman–Crippen LogP) is 4.53. The molecule has 3 aromatic carbocycles. The van der Waals surface area contributed by atoms with Crippen molar-refractivity contribution in [2.24, 2.45) is 0 Å². The summed E-state index contributed by atoms with van der Waals surface area (Å²) < 4.78 is 28.2. The molecule has 2 N–H and O–H groups in total. The van der Waals surface area contributed by atoms with Gasteiger partial charge in [0.2, 0.25) is 0 Å². The average molecular weight is 410 g/mol. The number of carboxylic acids is 1. The van der Waals surface area contributed by atoms with Gasteiger partial charge in [-0.05, 0) is 66.3 Å². The molecule has 3 rings (SSSR count). The van der Waals surface area contributed by atoms with Gasteiger partial charge < -0.3 is 5.11 Å². The van der Waals surface area contributed by atoms with Gasteiger partial charge in [0, 0.05) is 0 Å². The Morgan fingerprint density at radius 2 is 1.62 bits per heavy atom. The average Bonchev–Trinajstić information content (AvgIpc) is 2.73. The van der Waals surface area contributed by atoms with Gasteiger partial charge in [0.1, 0.15) is 0 Å². The smallest absolute Gasteiger partial charge is 0.335 e. The van der Waals surface area contributed by atoms with E-state index in [1.165, 1.54) is 0 Å². The molecule has 5 nitrogen and oxygen atoms in total. The molecule has 0 bridgehead atoms. The van der Waals surface area contributed by atoms with Crippen LogP contribution in [0.4, 0.5) is 5.69 Å². The second kappa shape index (κ2) is 8.92. The highest BCUT2D eigenvalue weighted by Crippen LogP contribution is 2.22. The molecule has 0 unspecified atom stereocenters. The van der Waals surface area contributed by atoms with E-state index in [1.54, 1.807) is 42.5 Å². The van der Waals surface area contributed by atoms with Crippen molar-refractivity contribution in [1.82, 2.24) is 0 Å². The van der Waals surface area contributed by atoms with Crippen LogP contribution in [0.2, 0.25) is 0 Å². The minimum Gasteiger partial charge on any atom is -0.478 e. The molecule has 0 spiro atoms. The molecule has 0 aliphatic carbocycles. The van der Waals surface area contributed by atoms with E-state index in [0.717, 1.165) is 23.1 Å². The van der Waals surface area contributed by atoms with Gasteiger partial charge in [-0.2, -0.15) is 0 Å². The van der Waals surface area contributed by atoms with Crippen LogP contribution in [0.3, 0.4) is 0 Å². The van der Waals surface area contributed by atoms with Crippen molar-refractivity contribution in [2.45, 2.75) is 31.1 Å². The maximum atomic E-state index is 12.8. The molecule has 0 saturated carbocycles. The lowest BCUT2D eigenvalue weighted by Gasteiger charge is -2.13. The molecule has 0 aromatic heterocycles. The van der Waals surface area contributed by atoms with Crippen LogP contribution in [0.5, 0.6) is 0 Å². The fourth-order valence-corrected chi connectivity index (χ4v) is 4.19. The first-order valence-corrected chi connectivity index (χ1v) is 10.9. The summed E-state index contributed by atoms with van der Waals surface area (Å²) in [6, 6.07) is 20.9. The molecule has 0 fully saturated rings. The number of aryl methyl sites for hydroxylation is 3. The summed E-state index contributed by atoms with van der Waals surface area (Å²) >= 11 is 0. The first-order chi connectivity index (χ1) is 13.9. The van der Waals surface area contributed by atoms with E-state index in [2.05, 4.69) is 4.72 Å². The molecule has 0 aliphatic heterocycles. The Balaban J connectivity index is 1.78. The Bertz CT molecular complexity index is 1110. The van der Waals surface area contributed by atoms with Crippen molar-refractivity contribution in [2.75, 3.05) is 4.72 Å². The second-order valence-corrected chi connectivity index (χ2v) is 8.45. The number of aromatic carboxylic acids is 1. The Hall–Kier alpha value is -3.12. The molecule has 0 aliphatic rings. The number of carboxylic acid groups (broad SMARTS) is 1. The molecule has 0 saturated heterocycles. The maximum Gasteiger partial charge on any atom is 0.335 e. The number of benzene rings is 3. The Kier molecular flexibility index (Phi) is 6.34. The van der Waals surface area contributed by atoms with Gasteiger partial charge in [-0.15, -0.1) is 0 Å². The largest absolute Gasteiger partial charge is 0.478 e. The fraction of sp³-hybridized carbons (Fsp3) is 0.174. The lowest BCUT2D eigenvalue weighted by atomic mass is 10.0. The van der Waals surface area contributed by atoms with Crippen molar-refractivity contribution in [1.29, 1.82) is 0 Å². The SMILES string of the molecule is CCc1ccc(S(=O)(=O)Nc2ccccc2CCc2cccc(C(=O)O)c2)cc1. The number of hydrogen-bond donors (Lipinski definition) is 2. The first-order valence-electron chi connectivity index (χ1n) is 9.41. The van der Waals surface area contributed by atoms with Gasteiger partial charge in [0.25, 0.3) is 10.0 Å². The maximum absolute atomic E-state index is 12.8. The summed E-state index contributed by atoms with van der Waals surface area (Å²) in [7, 11) is -3.69. The van der Waals surface area contributed by atoms with Crippen LogP contribution in [-0.4, -0.2) is 19.5 Å². The zero-order valence-electron chi connectivity index (χ0n) is 16.1. The topological polar surface area (TPSA) is 83.5 Å². The van der Waals surface area contributed by atoms with Gasteiger partial charge in [-0.1, -0.05) is 49.4 Å². The second-order valence-electron chi connectivity index (χ2n) is 6.77. The van der Waals surface area contributed by atoms with E-state index < -0.39 is 16.0 Å². The highest BCUT2D eigenvalue weighted by molar-refractivity contribution is 7.92. The highest BCUT2D eigenvalue weighted by Gasteiger charge is 2.16. The van der Waals surface area contributed by atoms with Crippen LogP contribution >= 0.6 is 0 Å². The molecule has 29 heavy (non-hydrogen) atoms. The summed E-state index contributed by atoms with van der Waals surface area (Å²) in [6.45, 7) is 2.02. The number of carbonyl (C=O) groups is 1. The molecule has 0 amide bonds. The number of rotatable bonds is 8. The van der Waals surface area contributed by atoms with Gasteiger partial charge in [0.15, 0.2) is 0 Å². The number of hydrogen-bond acceptors (Lipinski definition) is 3. The fourth-order valence-electron chi connectivity index (χ4n) is 3.08. The predicted molar refractivity (Wildman–Crippen MR) is 114 cm³/mol. The van der Waals surface area contributed by atoms with Crippen molar-refractivity contribution in [3.8, 4) is 0 Å². The summed E-state index contributed by atoms with van der Waals surface area (Å²) in [6.07, 6.45) is 2.03. The molecular formula is C23H23NO4S. The zero-order chi connectivity index (χ0) is 20.9. The summed E-state index contributed by atoms with van der Waals surface area (Å²) in [5, 5.41) is 9.13. The molecule has 0 atom stereocenters. The van der Waals surface area contributed by atoms with Crippen LogP contribution in [0, 0.1) is 0 Å². The van der Waals surface area contributed by atoms with Crippen LogP contribution in [0.1, 0.15) is 34.0 Å². The third-order valence-electron chi connectivity index (χ3n) is 4.76. The lowest BCUT2D eigenvalue weighted by molar-refractivity contribution is 0.0696. The Morgan fingerprint density at radius 3 is 2.31 bits per heavy atom.